The monoisotopic (exact) mass is 314 g/mol. The van der Waals surface area contributed by atoms with E-state index in [1.807, 2.05) is 31.2 Å². The number of para-hydroxylation sites is 1. The molecule has 1 aliphatic heterocycles. The molecule has 23 heavy (non-hydrogen) atoms. The molecule has 2 aromatic rings. The quantitative estimate of drug-likeness (QED) is 0.848. The van der Waals surface area contributed by atoms with Crippen molar-refractivity contribution in [1.29, 1.82) is 0 Å². The highest BCUT2D eigenvalue weighted by molar-refractivity contribution is 5.99. The molecule has 2 heterocycles. The van der Waals surface area contributed by atoms with Gasteiger partial charge in [-0.05, 0) is 25.0 Å². The van der Waals surface area contributed by atoms with Gasteiger partial charge in [-0.3, -0.25) is 4.79 Å². The second-order valence-corrected chi connectivity index (χ2v) is 5.83. The zero-order valence-corrected chi connectivity index (χ0v) is 13.7. The molecule has 1 amide bonds. The molecular weight excluding hydrogens is 292 g/mol. The Labute approximate surface area is 136 Å². The van der Waals surface area contributed by atoms with Crippen molar-refractivity contribution in [3.05, 3.63) is 41.5 Å². The lowest BCUT2D eigenvalue weighted by atomic mass is 10.1. The molecule has 1 aromatic heterocycles. The maximum atomic E-state index is 12.8. The Morgan fingerprint density at radius 2 is 2.04 bits per heavy atom. The third-order valence-corrected chi connectivity index (χ3v) is 4.12. The highest BCUT2D eigenvalue weighted by Gasteiger charge is 2.22. The van der Waals surface area contributed by atoms with Crippen molar-refractivity contribution in [2.24, 2.45) is 0 Å². The molecule has 1 aliphatic rings. The van der Waals surface area contributed by atoms with E-state index in [4.69, 9.17) is 4.52 Å². The molecule has 3 rings (SSSR count). The summed E-state index contributed by atoms with van der Waals surface area (Å²) >= 11 is 0. The van der Waals surface area contributed by atoms with Crippen molar-refractivity contribution in [2.45, 2.75) is 32.7 Å². The van der Waals surface area contributed by atoms with Gasteiger partial charge in [0, 0.05) is 32.2 Å². The minimum Gasteiger partial charge on any atom is -0.371 e. The molecule has 1 saturated heterocycles. The van der Waals surface area contributed by atoms with Crippen LogP contribution in [-0.2, 0) is 13.0 Å². The van der Waals surface area contributed by atoms with Crippen molar-refractivity contribution in [3.8, 4) is 0 Å². The number of hydrogen-bond donors (Lipinski definition) is 0. The summed E-state index contributed by atoms with van der Waals surface area (Å²) in [5, 5.41) is 3.91. The molecule has 1 aromatic carbocycles. The van der Waals surface area contributed by atoms with Crippen LogP contribution in [0.4, 0.5) is 5.69 Å². The maximum Gasteiger partial charge on any atom is 0.256 e. The molecule has 6 nitrogen and oxygen atoms in total. The van der Waals surface area contributed by atoms with Crippen LogP contribution in [0.1, 0.15) is 41.8 Å². The molecule has 6 heteroatoms. The Balaban J connectivity index is 1.76. The Kier molecular flexibility index (Phi) is 4.60. The smallest absolute Gasteiger partial charge is 0.256 e. The van der Waals surface area contributed by atoms with E-state index in [-0.39, 0.29) is 5.91 Å². The van der Waals surface area contributed by atoms with Crippen LogP contribution < -0.4 is 4.90 Å². The molecule has 0 radical (unpaired) electrons. The van der Waals surface area contributed by atoms with Crippen molar-refractivity contribution in [3.63, 3.8) is 0 Å². The fourth-order valence-electron chi connectivity index (χ4n) is 2.88. The van der Waals surface area contributed by atoms with Crippen LogP contribution in [0, 0.1) is 0 Å². The molecule has 1 fully saturated rings. The van der Waals surface area contributed by atoms with Gasteiger partial charge in [-0.15, -0.1) is 0 Å². The minimum absolute atomic E-state index is 0.0182. The molecule has 0 unspecified atom stereocenters. The van der Waals surface area contributed by atoms with Crippen LogP contribution in [0.2, 0.25) is 0 Å². The Hall–Kier alpha value is -2.37. The van der Waals surface area contributed by atoms with Gasteiger partial charge in [0.25, 0.3) is 5.91 Å². The second kappa shape index (κ2) is 6.81. The zero-order valence-electron chi connectivity index (χ0n) is 13.7. The fraction of sp³-hybridized carbons (Fsp3) is 0.471. The van der Waals surface area contributed by atoms with Gasteiger partial charge < -0.3 is 14.3 Å². The first-order valence-corrected chi connectivity index (χ1v) is 8.10. The topological polar surface area (TPSA) is 62.5 Å². The first kappa shape index (κ1) is 15.5. The third kappa shape index (κ3) is 3.36. The SMILES string of the molecule is CCc1nc(CN(C)C(=O)c2ccccc2N2CCCC2)no1. The van der Waals surface area contributed by atoms with Gasteiger partial charge in [0.1, 0.15) is 0 Å². The summed E-state index contributed by atoms with van der Waals surface area (Å²) in [6.45, 7) is 4.33. The normalized spacial score (nSPS) is 14.3. The summed E-state index contributed by atoms with van der Waals surface area (Å²) in [5.41, 5.74) is 1.75. The average Bonchev–Trinajstić information content (AvgIpc) is 3.25. The summed E-state index contributed by atoms with van der Waals surface area (Å²) in [6.07, 6.45) is 3.06. The van der Waals surface area contributed by atoms with Crippen LogP contribution in [0.5, 0.6) is 0 Å². The van der Waals surface area contributed by atoms with Crippen LogP contribution in [0.15, 0.2) is 28.8 Å². The first-order valence-electron chi connectivity index (χ1n) is 8.10. The van der Waals surface area contributed by atoms with Gasteiger partial charge in [-0.25, -0.2) is 0 Å². The summed E-state index contributed by atoms with van der Waals surface area (Å²) in [5.74, 6) is 1.12. The van der Waals surface area contributed by atoms with Crippen LogP contribution in [0.3, 0.4) is 0 Å². The molecule has 0 aliphatic carbocycles. The number of amides is 1. The van der Waals surface area contributed by atoms with E-state index >= 15 is 0 Å². The molecule has 0 atom stereocenters. The van der Waals surface area contributed by atoms with Gasteiger partial charge in [0.15, 0.2) is 5.82 Å². The number of nitrogens with zero attached hydrogens (tertiary/aromatic N) is 4. The number of benzene rings is 1. The number of aryl methyl sites for hydroxylation is 1. The lowest BCUT2D eigenvalue weighted by Crippen LogP contribution is -2.29. The summed E-state index contributed by atoms with van der Waals surface area (Å²) in [6, 6.07) is 7.80. The predicted molar refractivity (Wildman–Crippen MR) is 87.4 cm³/mol. The average molecular weight is 314 g/mol. The lowest BCUT2D eigenvalue weighted by Gasteiger charge is -2.23. The second-order valence-electron chi connectivity index (χ2n) is 5.83. The number of rotatable bonds is 5. The summed E-state index contributed by atoms with van der Waals surface area (Å²) < 4.78 is 5.10. The van der Waals surface area contributed by atoms with Crippen molar-refractivity contribution in [2.75, 3.05) is 25.0 Å². The van der Waals surface area contributed by atoms with Gasteiger partial charge in [-0.2, -0.15) is 4.98 Å². The molecule has 122 valence electrons. The van der Waals surface area contributed by atoms with E-state index in [0.717, 1.165) is 24.3 Å². The Bertz CT molecular complexity index is 677. The van der Waals surface area contributed by atoms with E-state index in [0.29, 0.717) is 24.7 Å². The molecular formula is C17H22N4O2. The first-order chi connectivity index (χ1) is 11.2. The summed E-state index contributed by atoms with van der Waals surface area (Å²) in [7, 11) is 1.77. The molecule has 0 saturated carbocycles. The molecule has 0 N–H and O–H groups in total. The Morgan fingerprint density at radius 3 is 2.74 bits per heavy atom. The van der Waals surface area contributed by atoms with Crippen molar-refractivity contribution >= 4 is 11.6 Å². The van der Waals surface area contributed by atoms with E-state index in [1.54, 1.807) is 11.9 Å². The van der Waals surface area contributed by atoms with Crippen LogP contribution in [-0.4, -0.2) is 41.1 Å². The van der Waals surface area contributed by atoms with E-state index < -0.39 is 0 Å². The minimum atomic E-state index is -0.0182. The highest BCUT2D eigenvalue weighted by atomic mass is 16.5. The van der Waals surface area contributed by atoms with Gasteiger partial charge in [0.2, 0.25) is 5.89 Å². The molecule has 0 bridgehead atoms. The van der Waals surface area contributed by atoms with Crippen LogP contribution >= 0.6 is 0 Å². The summed E-state index contributed by atoms with van der Waals surface area (Å²) in [4.78, 5) is 21.0. The fourth-order valence-corrected chi connectivity index (χ4v) is 2.88. The van der Waals surface area contributed by atoms with Crippen LogP contribution in [0.25, 0.3) is 0 Å². The lowest BCUT2D eigenvalue weighted by molar-refractivity contribution is 0.0781. The van der Waals surface area contributed by atoms with Gasteiger partial charge in [-0.1, -0.05) is 24.2 Å². The highest BCUT2D eigenvalue weighted by Crippen LogP contribution is 2.25. The van der Waals surface area contributed by atoms with Gasteiger partial charge in [0.05, 0.1) is 12.1 Å². The number of anilines is 1. The predicted octanol–water partition coefficient (Wildman–Crippen LogP) is 2.50. The Morgan fingerprint density at radius 1 is 1.30 bits per heavy atom. The van der Waals surface area contributed by atoms with Gasteiger partial charge >= 0.3 is 0 Å². The number of aromatic nitrogens is 2. The zero-order chi connectivity index (χ0) is 16.2. The van der Waals surface area contributed by atoms with E-state index in [2.05, 4.69) is 15.0 Å². The van der Waals surface area contributed by atoms with Crippen molar-refractivity contribution in [1.82, 2.24) is 15.0 Å². The maximum absolute atomic E-state index is 12.8. The number of carbonyl (C=O) groups is 1. The standard InChI is InChI=1S/C17H22N4O2/c1-3-16-18-15(19-23-16)12-20(2)17(22)13-8-4-5-9-14(13)21-10-6-7-11-21/h4-5,8-9H,3,6-7,10-12H2,1-2H3. The number of hydrogen-bond acceptors (Lipinski definition) is 5. The molecule has 0 spiro atoms. The third-order valence-electron chi connectivity index (χ3n) is 4.12. The van der Waals surface area contributed by atoms with E-state index in [9.17, 15) is 4.79 Å². The largest absolute Gasteiger partial charge is 0.371 e. The van der Waals surface area contributed by atoms with E-state index in [1.165, 1.54) is 12.8 Å². The number of carbonyl (C=O) groups excluding carboxylic acids is 1. The van der Waals surface area contributed by atoms with Crippen molar-refractivity contribution < 1.29 is 9.32 Å².